The number of nitrogens with zero attached hydrogens (tertiary/aromatic N) is 3. The third-order valence-corrected chi connectivity index (χ3v) is 12.5. The van der Waals surface area contributed by atoms with Crippen molar-refractivity contribution in [2.24, 2.45) is 0 Å². The number of phenolic OH excluding ortho intramolecular Hbond substituents is 1. The first-order valence-electron chi connectivity index (χ1n) is 21.2. The van der Waals surface area contributed by atoms with Crippen molar-refractivity contribution in [3.63, 3.8) is 0 Å². The van der Waals surface area contributed by atoms with E-state index in [1.54, 1.807) is 0 Å². The van der Waals surface area contributed by atoms with E-state index in [1.165, 1.54) is 48.8 Å². The summed E-state index contributed by atoms with van der Waals surface area (Å²) >= 11 is 0. The van der Waals surface area contributed by atoms with Gasteiger partial charge in [0.2, 0.25) is 0 Å². The van der Waals surface area contributed by atoms with Gasteiger partial charge >= 0.3 is 0 Å². The molecular weight excluding hydrogens is 918 g/mol. The number of aromatic nitrogens is 3. The Kier molecular flexibility index (Phi) is 10.1. The molecule has 1 saturated carbocycles. The summed E-state index contributed by atoms with van der Waals surface area (Å²) in [6.45, 7) is 13.6. The molecule has 1 aliphatic carbocycles. The third kappa shape index (κ3) is 6.95. The van der Waals surface area contributed by atoms with Crippen molar-refractivity contribution >= 4 is 43.7 Å². The Morgan fingerprint density at radius 1 is 0.700 bits per heavy atom. The molecule has 0 spiro atoms. The minimum atomic E-state index is -0.199. The van der Waals surface area contributed by atoms with Crippen LogP contribution >= 0.6 is 0 Å². The van der Waals surface area contributed by atoms with Crippen molar-refractivity contribution in [2.75, 3.05) is 0 Å². The number of phenols is 1. The zero-order valence-electron chi connectivity index (χ0n) is 35.2. The number of aromatic hydroxyl groups is 1. The number of para-hydroxylation sites is 1. The molecule has 0 saturated heterocycles. The minimum absolute atomic E-state index is 0. The van der Waals surface area contributed by atoms with Crippen molar-refractivity contribution in [1.82, 2.24) is 14.5 Å². The van der Waals surface area contributed by atoms with E-state index in [2.05, 4.69) is 137 Å². The molecule has 60 heavy (non-hydrogen) atoms. The number of imidazole rings is 1. The second-order valence-electron chi connectivity index (χ2n) is 18.6. The predicted octanol–water partition coefficient (Wildman–Crippen LogP) is 14.6. The summed E-state index contributed by atoms with van der Waals surface area (Å²) in [4.78, 5) is 10.3. The molecule has 0 amide bonds. The number of hydrogen-bond acceptors (Lipinski definition) is 4. The molecule has 1 aliphatic rings. The molecule has 0 atom stereocenters. The van der Waals surface area contributed by atoms with E-state index < -0.39 is 0 Å². The van der Waals surface area contributed by atoms with Crippen LogP contribution in [-0.2, 0) is 31.9 Å². The summed E-state index contributed by atoms with van der Waals surface area (Å²) in [6, 6.07) is 44.0. The minimum Gasteiger partial charge on any atom is -0.507 e. The monoisotopic (exact) mass is 967 g/mol. The summed E-state index contributed by atoms with van der Waals surface area (Å²) in [5.41, 5.74) is 12.3. The van der Waals surface area contributed by atoms with Gasteiger partial charge in [0.15, 0.2) is 0 Å². The molecule has 0 bridgehead atoms. The Labute approximate surface area is 366 Å². The maximum Gasteiger partial charge on any atom is 0.148 e. The number of fused-ring (bicyclic) bond motifs is 6. The van der Waals surface area contributed by atoms with Crippen LogP contribution in [0.5, 0.6) is 5.75 Å². The van der Waals surface area contributed by atoms with Crippen LogP contribution in [0.15, 0.2) is 126 Å². The molecule has 6 aromatic carbocycles. The van der Waals surface area contributed by atoms with Gasteiger partial charge in [0.25, 0.3) is 0 Å². The molecule has 5 nitrogen and oxygen atoms in total. The standard InChI is InChI=1S/C54H50N3O2.Pt/c1-53(2,3)38-23-24-45(43(30-38)54(4,5)6)57-46-21-13-20-40(36-17-12-18-37(28-36)44-29-35(26-27-55-44)33-14-8-7-9-15-33)51(46)56-52(57)41-32-49-42(31-47(41)58)50-39-19-11-10-16-34(39)22-25-48(50)59-49;/h10-13,16-27,29-33,58H,7-9,14-15H2,1-6H3;/q-1;. The van der Waals surface area contributed by atoms with Gasteiger partial charge in [-0.25, -0.2) is 4.98 Å². The second-order valence-corrected chi connectivity index (χ2v) is 18.6. The number of benzene rings is 6. The van der Waals surface area contributed by atoms with Crippen LogP contribution in [0.25, 0.3) is 83.2 Å². The molecule has 10 rings (SSSR count). The number of pyridine rings is 1. The Morgan fingerprint density at radius 2 is 1.48 bits per heavy atom. The zero-order chi connectivity index (χ0) is 40.6. The number of furan rings is 1. The SMILES string of the molecule is CC(C)(C)c1ccc(-n2c(-c3cc4oc5ccc6ccccc6c5c4cc3O)nc3c(-c4[c-]c(-c5cc(C6CCCCC6)ccn5)ccc4)cccc32)c(C(C)(C)C)c1.[Pt]. The van der Waals surface area contributed by atoms with Crippen LogP contribution in [-0.4, -0.2) is 19.6 Å². The van der Waals surface area contributed by atoms with Crippen molar-refractivity contribution in [2.45, 2.75) is 90.4 Å². The van der Waals surface area contributed by atoms with Crippen molar-refractivity contribution in [3.05, 3.63) is 144 Å². The van der Waals surface area contributed by atoms with Crippen molar-refractivity contribution in [1.29, 1.82) is 0 Å². The first-order valence-corrected chi connectivity index (χ1v) is 21.2. The van der Waals surface area contributed by atoms with Crippen LogP contribution in [0.3, 0.4) is 0 Å². The molecule has 3 aromatic heterocycles. The van der Waals surface area contributed by atoms with Crippen molar-refractivity contribution in [3.8, 4) is 45.2 Å². The van der Waals surface area contributed by atoms with Crippen molar-refractivity contribution < 1.29 is 30.6 Å². The summed E-state index contributed by atoms with van der Waals surface area (Å²) in [7, 11) is 0. The Morgan fingerprint density at radius 3 is 2.28 bits per heavy atom. The van der Waals surface area contributed by atoms with E-state index >= 15 is 0 Å². The fraction of sp³-hybridized carbons (Fsp3) is 0.259. The molecule has 0 radical (unpaired) electrons. The average Bonchev–Trinajstić information content (AvgIpc) is 3.81. The molecular formula is C54H50N3O2Pt-. The summed E-state index contributed by atoms with van der Waals surface area (Å²) in [5.74, 6) is 1.38. The van der Waals surface area contributed by atoms with E-state index in [9.17, 15) is 5.11 Å². The van der Waals surface area contributed by atoms with Gasteiger partial charge in [0, 0.05) is 43.7 Å². The first-order chi connectivity index (χ1) is 28.4. The maximum atomic E-state index is 12.1. The predicted molar refractivity (Wildman–Crippen MR) is 244 cm³/mol. The van der Waals surface area contributed by atoms with Gasteiger partial charge in [-0.1, -0.05) is 133 Å². The molecule has 0 unspecified atom stereocenters. The van der Waals surface area contributed by atoms with Gasteiger partial charge in [0.1, 0.15) is 22.7 Å². The van der Waals surface area contributed by atoms with E-state index in [0.29, 0.717) is 22.9 Å². The maximum absolute atomic E-state index is 12.1. The number of hydrogen-bond donors (Lipinski definition) is 1. The van der Waals surface area contributed by atoms with E-state index in [1.807, 2.05) is 36.5 Å². The third-order valence-electron chi connectivity index (χ3n) is 12.5. The summed E-state index contributed by atoms with van der Waals surface area (Å²) < 4.78 is 8.80. The number of rotatable bonds is 5. The largest absolute Gasteiger partial charge is 0.507 e. The van der Waals surface area contributed by atoms with Gasteiger partial charge in [-0.2, -0.15) is 0 Å². The fourth-order valence-corrected chi connectivity index (χ4v) is 9.36. The quantitative estimate of drug-likeness (QED) is 0.175. The van der Waals surface area contributed by atoms with E-state index in [0.717, 1.165) is 66.2 Å². The second kappa shape index (κ2) is 15.2. The van der Waals surface area contributed by atoms with Gasteiger partial charge in [-0.15, -0.1) is 29.8 Å². The van der Waals surface area contributed by atoms with Gasteiger partial charge in [-0.05, 0) is 93.5 Å². The Hall–Kier alpha value is -5.51. The van der Waals surface area contributed by atoms with Crippen LogP contribution in [0.2, 0.25) is 0 Å². The van der Waals surface area contributed by atoms with Crippen LogP contribution in [0.1, 0.15) is 96.3 Å². The molecule has 6 heteroatoms. The van der Waals surface area contributed by atoms with E-state index in [4.69, 9.17) is 14.4 Å². The van der Waals surface area contributed by atoms with Gasteiger partial charge in [0.05, 0.1) is 22.3 Å². The zero-order valence-corrected chi connectivity index (χ0v) is 37.4. The smallest absolute Gasteiger partial charge is 0.148 e. The topological polar surface area (TPSA) is 64.1 Å². The van der Waals surface area contributed by atoms with E-state index in [-0.39, 0.29) is 37.6 Å². The summed E-state index contributed by atoms with van der Waals surface area (Å²) in [6.07, 6.45) is 8.36. The molecule has 304 valence electrons. The normalized spacial score (nSPS) is 14.0. The Bertz CT molecular complexity index is 3080. The molecule has 1 fully saturated rings. The fourth-order valence-electron chi connectivity index (χ4n) is 9.36. The summed E-state index contributed by atoms with van der Waals surface area (Å²) in [5, 5.41) is 16.2. The molecule has 9 aromatic rings. The Balaban J connectivity index is 0.00000462. The van der Waals surface area contributed by atoms with Crippen LogP contribution in [0.4, 0.5) is 0 Å². The molecule has 1 N–H and O–H groups in total. The van der Waals surface area contributed by atoms with Gasteiger partial charge < -0.3 is 9.52 Å². The first kappa shape index (κ1) is 39.9. The van der Waals surface area contributed by atoms with Crippen LogP contribution in [0, 0.1) is 6.07 Å². The molecule has 0 aliphatic heterocycles. The van der Waals surface area contributed by atoms with Gasteiger partial charge in [-0.3, -0.25) is 9.55 Å². The molecule has 3 heterocycles. The average molecular weight is 968 g/mol. The van der Waals surface area contributed by atoms with Crippen LogP contribution < -0.4 is 0 Å².